The first kappa shape index (κ1) is 9.82. The molecule has 3 rings (SSSR count). The van der Waals surface area contributed by atoms with Gasteiger partial charge >= 0.3 is 0 Å². The van der Waals surface area contributed by atoms with Gasteiger partial charge in [0.2, 0.25) is 0 Å². The fraction of sp³-hybridized carbons (Fsp3) is 0.667. The summed E-state index contributed by atoms with van der Waals surface area (Å²) in [6.45, 7) is 4.35. The van der Waals surface area contributed by atoms with Crippen LogP contribution in [0, 0.1) is 6.92 Å². The van der Waals surface area contributed by atoms with Gasteiger partial charge in [0, 0.05) is 17.5 Å². The molecule has 0 radical (unpaired) electrons. The molecule has 82 valence electrons. The second kappa shape index (κ2) is 3.30. The van der Waals surface area contributed by atoms with Crippen molar-refractivity contribution in [3.05, 3.63) is 21.9 Å². The van der Waals surface area contributed by atoms with Crippen molar-refractivity contribution in [2.24, 2.45) is 0 Å². The molecule has 2 nitrogen and oxygen atoms in total. The van der Waals surface area contributed by atoms with Gasteiger partial charge in [-0.25, -0.2) is 0 Å². The Balaban J connectivity index is 1.96. The third-order valence-electron chi connectivity index (χ3n) is 3.93. The summed E-state index contributed by atoms with van der Waals surface area (Å²) >= 11 is 1.75. The quantitative estimate of drug-likeness (QED) is 0.788. The molecule has 2 unspecified atom stereocenters. The van der Waals surface area contributed by atoms with Gasteiger partial charge in [0.1, 0.15) is 5.60 Å². The lowest BCUT2D eigenvalue weighted by Gasteiger charge is -2.29. The van der Waals surface area contributed by atoms with Gasteiger partial charge in [0.25, 0.3) is 0 Å². The van der Waals surface area contributed by atoms with E-state index in [2.05, 4.69) is 23.3 Å². The van der Waals surface area contributed by atoms with Crippen molar-refractivity contribution in [2.45, 2.75) is 37.8 Å². The van der Waals surface area contributed by atoms with Crippen molar-refractivity contribution in [3.63, 3.8) is 0 Å². The maximum Gasteiger partial charge on any atom is 0.107 e. The van der Waals surface area contributed by atoms with E-state index in [1.54, 1.807) is 11.3 Å². The molecule has 0 saturated carbocycles. The number of thiophene rings is 1. The molecule has 2 fully saturated rings. The number of rotatable bonds is 1. The number of hydrogen-bond acceptors (Lipinski definition) is 3. The first-order valence-corrected chi connectivity index (χ1v) is 6.60. The van der Waals surface area contributed by atoms with E-state index in [1.807, 2.05) is 0 Å². The molecule has 2 aliphatic rings. The Bertz CT molecular complexity index is 375. The van der Waals surface area contributed by atoms with Crippen LogP contribution in [0.15, 0.2) is 11.4 Å². The fourth-order valence-electron chi connectivity index (χ4n) is 3.12. The topological polar surface area (TPSA) is 23.5 Å². The molecule has 2 saturated heterocycles. The molecule has 1 N–H and O–H groups in total. The molecule has 1 aromatic rings. The second-order valence-electron chi connectivity index (χ2n) is 4.81. The van der Waals surface area contributed by atoms with Gasteiger partial charge in [0.05, 0.1) is 0 Å². The van der Waals surface area contributed by atoms with Crippen LogP contribution < -0.4 is 0 Å². The molecule has 0 aromatic carbocycles. The van der Waals surface area contributed by atoms with E-state index in [0.717, 1.165) is 24.9 Å². The summed E-state index contributed by atoms with van der Waals surface area (Å²) in [7, 11) is 0. The highest BCUT2D eigenvalue weighted by molar-refractivity contribution is 7.10. The second-order valence-corrected chi connectivity index (χ2v) is 5.93. The molecular formula is C12H17NOS. The third-order valence-corrected chi connectivity index (χ3v) is 4.79. The highest BCUT2D eigenvalue weighted by Crippen LogP contribution is 2.43. The van der Waals surface area contributed by atoms with Crippen LogP contribution in [0.25, 0.3) is 0 Å². The van der Waals surface area contributed by atoms with Gasteiger partial charge in [-0.2, -0.15) is 0 Å². The molecular weight excluding hydrogens is 206 g/mol. The van der Waals surface area contributed by atoms with E-state index in [0.29, 0.717) is 6.04 Å². The van der Waals surface area contributed by atoms with Crippen LogP contribution in [0.5, 0.6) is 0 Å². The van der Waals surface area contributed by atoms with Crippen LogP contribution in [-0.4, -0.2) is 29.1 Å². The molecule has 1 aromatic heterocycles. The number of aryl methyl sites for hydroxylation is 1. The Morgan fingerprint density at radius 2 is 2.40 bits per heavy atom. The standard InChI is InChI=1S/C12H17NOS/c1-9-7-10(8-15-9)12(14)4-6-13-5-2-3-11(12)13/h7-8,11,14H,2-6H2,1H3. The highest BCUT2D eigenvalue weighted by Gasteiger charge is 2.49. The summed E-state index contributed by atoms with van der Waals surface area (Å²) in [6.07, 6.45) is 3.31. The molecule has 0 aliphatic carbocycles. The van der Waals surface area contributed by atoms with Crippen LogP contribution >= 0.6 is 11.3 Å². The molecule has 2 aliphatic heterocycles. The lowest BCUT2D eigenvalue weighted by molar-refractivity contribution is 0.00974. The summed E-state index contributed by atoms with van der Waals surface area (Å²) in [5, 5.41) is 12.9. The van der Waals surface area contributed by atoms with Crippen LogP contribution in [0.1, 0.15) is 29.7 Å². The van der Waals surface area contributed by atoms with E-state index in [1.165, 1.54) is 17.8 Å². The largest absolute Gasteiger partial charge is 0.383 e. The number of hydrogen-bond donors (Lipinski definition) is 1. The van der Waals surface area contributed by atoms with Crippen molar-refractivity contribution in [1.82, 2.24) is 4.90 Å². The fourth-order valence-corrected chi connectivity index (χ4v) is 3.90. The first-order chi connectivity index (χ1) is 7.20. The van der Waals surface area contributed by atoms with Gasteiger partial charge < -0.3 is 5.11 Å². The van der Waals surface area contributed by atoms with Crippen molar-refractivity contribution >= 4 is 11.3 Å². The zero-order valence-corrected chi connectivity index (χ0v) is 9.89. The summed E-state index contributed by atoms with van der Waals surface area (Å²) < 4.78 is 0. The van der Waals surface area contributed by atoms with Gasteiger partial charge in [-0.15, -0.1) is 11.3 Å². The molecule has 3 heteroatoms. The normalized spacial score (nSPS) is 36.0. The zero-order chi connectivity index (χ0) is 10.5. The lowest BCUT2D eigenvalue weighted by atomic mass is 9.87. The number of fused-ring (bicyclic) bond motifs is 1. The summed E-state index contributed by atoms with van der Waals surface area (Å²) in [5.74, 6) is 0. The molecule has 2 atom stereocenters. The monoisotopic (exact) mass is 223 g/mol. The van der Waals surface area contributed by atoms with E-state index < -0.39 is 5.60 Å². The minimum absolute atomic E-state index is 0.381. The average molecular weight is 223 g/mol. The van der Waals surface area contributed by atoms with Crippen molar-refractivity contribution < 1.29 is 5.11 Å². The molecule has 0 spiro atoms. The first-order valence-electron chi connectivity index (χ1n) is 5.72. The van der Waals surface area contributed by atoms with Crippen molar-refractivity contribution in [1.29, 1.82) is 0 Å². The number of nitrogens with zero attached hydrogens (tertiary/aromatic N) is 1. The Hall–Kier alpha value is -0.380. The minimum atomic E-state index is -0.554. The Morgan fingerprint density at radius 1 is 1.53 bits per heavy atom. The zero-order valence-electron chi connectivity index (χ0n) is 9.07. The molecule has 15 heavy (non-hydrogen) atoms. The Kier molecular flexibility index (Phi) is 2.16. The van der Waals surface area contributed by atoms with Crippen LogP contribution in [0.2, 0.25) is 0 Å². The molecule has 0 amide bonds. The van der Waals surface area contributed by atoms with Crippen molar-refractivity contribution in [3.8, 4) is 0 Å². The SMILES string of the molecule is Cc1cc(C2(O)CCN3CCCC32)cs1. The molecule has 0 bridgehead atoms. The van der Waals surface area contributed by atoms with E-state index in [-0.39, 0.29) is 0 Å². The van der Waals surface area contributed by atoms with E-state index in [4.69, 9.17) is 0 Å². The Labute approximate surface area is 94.5 Å². The van der Waals surface area contributed by atoms with E-state index >= 15 is 0 Å². The predicted octanol–water partition coefficient (Wildman–Crippen LogP) is 2.11. The summed E-state index contributed by atoms with van der Waals surface area (Å²) in [6, 6.07) is 2.54. The van der Waals surface area contributed by atoms with Crippen LogP contribution in [0.3, 0.4) is 0 Å². The average Bonchev–Trinajstić information content (AvgIpc) is 2.85. The summed E-state index contributed by atoms with van der Waals surface area (Å²) in [4.78, 5) is 3.75. The van der Waals surface area contributed by atoms with Gasteiger partial charge in [-0.05, 0) is 49.7 Å². The van der Waals surface area contributed by atoms with Crippen LogP contribution in [0.4, 0.5) is 0 Å². The minimum Gasteiger partial charge on any atom is -0.383 e. The summed E-state index contributed by atoms with van der Waals surface area (Å²) in [5.41, 5.74) is 0.598. The van der Waals surface area contributed by atoms with Gasteiger partial charge in [-0.1, -0.05) is 0 Å². The molecule has 3 heterocycles. The van der Waals surface area contributed by atoms with Gasteiger partial charge in [-0.3, -0.25) is 4.90 Å². The lowest BCUT2D eigenvalue weighted by Crippen LogP contribution is -2.38. The van der Waals surface area contributed by atoms with E-state index in [9.17, 15) is 5.11 Å². The van der Waals surface area contributed by atoms with Gasteiger partial charge in [0.15, 0.2) is 0 Å². The maximum atomic E-state index is 10.8. The third kappa shape index (κ3) is 1.37. The number of aliphatic hydroxyl groups is 1. The predicted molar refractivity (Wildman–Crippen MR) is 62.2 cm³/mol. The Morgan fingerprint density at radius 3 is 3.13 bits per heavy atom. The highest BCUT2D eigenvalue weighted by atomic mass is 32.1. The van der Waals surface area contributed by atoms with Crippen LogP contribution in [-0.2, 0) is 5.60 Å². The smallest absolute Gasteiger partial charge is 0.107 e. The van der Waals surface area contributed by atoms with Crippen molar-refractivity contribution in [2.75, 3.05) is 13.1 Å². The maximum absolute atomic E-state index is 10.8.